The molecule has 5 rings (SSSR count). The number of ether oxygens (including phenoxy) is 1. The highest BCUT2D eigenvalue weighted by Gasteiger charge is 2.22. The smallest absolute Gasteiger partial charge is 0.213 e. The number of aromatic nitrogens is 6. The summed E-state index contributed by atoms with van der Waals surface area (Å²) in [4.78, 5) is 20.7. The minimum atomic E-state index is 0.188. The molecule has 4 aromatic heterocycles. The first-order valence-electron chi connectivity index (χ1n) is 11.3. The number of hydrogen-bond donors (Lipinski definition) is 1. The molecule has 0 saturated carbocycles. The van der Waals surface area contributed by atoms with Gasteiger partial charge in [-0.2, -0.15) is 5.10 Å². The van der Waals surface area contributed by atoms with Gasteiger partial charge in [-0.15, -0.1) is 0 Å². The van der Waals surface area contributed by atoms with Gasteiger partial charge in [0, 0.05) is 67.8 Å². The van der Waals surface area contributed by atoms with E-state index in [9.17, 15) is 0 Å². The van der Waals surface area contributed by atoms with Crippen LogP contribution in [-0.2, 0) is 6.42 Å². The molecule has 1 fully saturated rings. The Bertz CT molecular complexity index is 1200. The van der Waals surface area contributed by atoms with Crippen LogP contribution in [0.4, 0.5) is 5.82 Å². The Labute approximate surface area is 193 Å². The average Bonchev–Trinajstić information content (AvgIpc) is 3.24. The van der Waals surface area contributed by atoms with E-state index in [1.807, 2.05) is 50.4 Å². The summed E-state index contributed by atoms with van der Waals surface area (Å²) in [6.45, 7) is 5.79. The Kier molecular flexibility index (Phi) is 5.97. The van der Waals surface area contributed by atoms with Crippen LogP contribution < -0.4 is 9.64 Å². The van der Waals surface area contributed by atoms with Gasteiger partial charge < -0.3 is 9.64 Å². The number of rotatable bonds is 6. The second kappa shape index (κ2) is 9.36. The van der Waals surface area contributed by atoms with E-state index in [0.29, 0.717) is 18.1 Å². The Hall–Kier alpha value is -3.81. The number of nitrogens with one attached hydrogen (secondary N) is 1. The van der Waals surface area contributed by atoms with Crippen LogP contribution in [0.5, 0.6) is 5.88 Å². The third kappa shape index (κ3) is 5.16. The first-order valence-corrected chi connectivity index (χ1v) is 11.3. The van der Waals surface area contributed by atoms with Crippen LogP contribution in [0.15, 0.2) is 54.9 Å². The van der Waals surface area contributed by atoms with Crippen LogP contribution >= 0.6 is 0 Å². The summed E-state index contributed by atoms with van der Waals surface area (Å²) in [5.74, 6) is 2.35. The molecule has 0 aliphatic carbocycles. The average molecular weight is 442 g/mol. The fraction of sp³-hybridized carbons (Fsp3) is 0.320. The van der Waals surface area contributed by atoms with E-state index in [-0.39, 0.29) is 6.10 Å². The summed E-state index contributed by atoms with van der Waals surface area (Å²) < 4.78 is 6.00. The third-order valence-corrected chi connectivity index (χ3v) is 5.73. The molecule has 0 amide bonds. The van der Waals surface area contributed by atoms with Crippen molar-refractivity contribution in [2.24, 2.45) is 0 Å². The number of anilines is 1. The maximum Gasteiger partial charge on any atom is 0.213 e. The summed E-state index contributed by atoms with van der Waals surface area (Å²) in [5, 5.41) is 7.30. The molecule has 168 valence electrons. The van der Waals surface area contributed by atoms with Crippen molar-refractivity contribution >= 4 is 5.82 Å². The topological polar surface area (TPSA) is 92.7 Å². The third-order valence-electron chi connectivity index (χ3n) is 5.73. The van der Waals surface area contributed by atoms with Crippen molar-refractivity contribution in [2.45, 2.75) is 39.2 Å². The highest BCUT2D eigenvalue weighted by Crippen LogP contribution is 2.23. The maximum atomic E-state index is 6.00. The molecule has 1 aliphatic rings. The zero-order chi connectivity index (χ0) is 22.6. The van der Waals surface area contributed by atoms with E-state index in [4.69, 9.17) is 14.7 Å². The zero-order valence-electron chi connectivity index (χ0n) is 18.9. The molecular formula is C25H27N7O. The Morgan fingerprint density at radius 2 is 1.88 bits per heavy atom. The lowest BCUT2D eigenvalue weighted by atomic mass is 10.1. The molecule has 8 heteroatoms. The van der Waals surface area contributed by atoms with Gasteiger partial charge in [-0.25, -0.2) is 19.9 Å². The normalized spacial score (nSPS) is 14.4. The first kappa shape index (κ1) is 21.1. The fourth-order valence-corrected chi connectivity index (χ4v) is 4.10. The SMILES string of the molecule is Cc1cc(Cc2cc(C)[nH]n2)nc(-c2ccc(N3CCC(Oc4ccccn4)CC3)nc2)n1. The molecule has 1 saturated heterocycles. The van der Waals surface area contributed by atoms with Crippen LogP contribution in [0.3, 0.4) is 0 Å². The zero-order valence-corrected chi connectivity index (χ0v) is 18.9. The second-order valence-electron chi connectivity index (χ2n) is 8.42. The standard InChI is InChI=1S/C25H27N7O/c1-17-13-20(15-21-14-18(2)30-31-21)29-25(28-17)19-6-7-23(27-16-19)32-11-8-22(9-12-32)33-24-5-3-4-10-26-24/h3-7,10,13-14,16,22H,8-9,11-12,15H2,1-2H3,(H,30,31). The van der Waals surface area contributed by atoms with Gasteiger partial charge in [0.2, 0.25) is 5.88 Å². The summed E-state index contributed by atoms with van der Waals surface area (Å²) in [6, 6.07) is 13.9. The van der Waals surface area contributed by atoms with Crippen LogP contribution in [0.2, 0.25) is 0 Å². The molecule has 4 aromatic rings. The molecule has 1 N–H and O–H groups in total. The van der Waals surface area contributed by atoms with Crippen LogP contribution in [0, 0.1) is 13.8 Å². The quantitative estimate of drug-likeness (QED) is 0.485. The van der Waals surface area contributed by atoms with E-state index in [1.54, 1.807) is 6.20 Å². The Morgan fingerprint density at radius 1 is 1.00 bits per heavy atom. The van der Waals surface area contributed by atoms with Crippen LogP contribution in [-0.4, -0.2) is 49.3 Å². The highest BCUT2D eigenvalue weighted by molar-refractivity contribution is 5.57. The number of piperidine rings is 1. The van der Waals surface area contributed by atoms with Gasteiger partial charge in [-0.1, -0.05) is 6.07 Å². The van der Waals surface area contributed by atoms with Crippen molar-refractivity contribution in [3.8, 4) is 17.3 Å². The van der Waals surface area contributed by atoms with Gasteiger partial charge >= 0.3 is 0 Å². The fourth-order valence-electron chi connectivity index (χ4n) is 4.10. The predicted octanol–water partition coefficient (Wildman–Crippen LogP) is 3.91. The minimum Gasteiger partial charge on any atom is -0.474 e. The van der Waals surface area contributed by atoms with E-state index in [0.717, 1.165) is 60.1 Å². The highest BCUT2D eigenvalue weighted by atomic mass is 16.5. The monoisotopic (exact) mass is 441 g/mol. The second-order valence-corrected chi connectivity index (χ2v) is 8.42. The van der Waals surface area contributed by atoms with Crippen molar-refractivity contribution < 1.29 is 4.74 Å². The molecule has 0 bridgehead atoms. The number of nitrogens with zero attached hydrogens (tertiary/aromatic N) is 6. The summed E-state index contributed by atoms with van der Waals surface area (Å²) in [7, 11) is 0. The molecule has 0 spiro atoms. The van der Waals surface area contributed by atoms with Gasteiger partial charge in [0.15, 0.2) is 5.82 Å². The van der Waals surface area contributed by atoms with Crippen molar-refractivity contribution in [3.05, 3.63) is 77.6 Å². The molecule has 0 radical (unpaired) electrons. The van der Waals surface area contributed by atoms with E-state index < -0.39 is 0 Å². The number of aromatic amines is 1. The van der Waals surface area contributed by atoms with Crippen molar-refractivity contribution in [3.63, 3.8) is 0 Å². The largest absolute Gasteiger partial charge is 0.474 e. The van der Waals surface area contributed by atoms with Crippen LogP contribution in [0.25, 0.3) is 11.4 Å². The Morgan fingerprint density at radius 3 is 2.58 bits per heavy atom. The summed E-state index contributed by atoms with van der Waals surface area (Å²) in [5.41, 5.74) is 4.81. The summed E-state index contributed by atoms with van der Waals surface area (Å²) >= 11 is 0. The van der Waals surface area contributed by atoms with E-state index in [1.165, 1.54) is 0 Å². The number of aryl methyl sites for hydroxylation is 2. The van der Waals surface area contributed by atoms with E-state index in [2.05, 4.69) is 37.2 Å². The molecule has 33 heavy (non-hydrogen) atoms. The molecule has 1 aliphatic heterocycles. The minimum absolute atomic E-state index is 0.188. The van der Waals surface area contributed by atoms with Crippen LogP contribution in [0.1, 0.15) is 35.6 Å². The lowest BCUT2D eigenvalue weighted by molar-refractivity contribution is 0.164. The number of hydrogen-bond acceptors (Lipinski definition) is 7. The maximum absolute atomic E-state index is 6.00. The molecule has 0 unspecified atom stereocenters. The van der Waals surface area contributed by atoms with Gasteiger partial charge in [-0.3, -0.25) is 5.10 Å². The molecule has 8 nitrogen and oxygen atoms in total. The van der Waals surface area contributed by atoms with E-state index >= 15 is 0 Å². The molecule has 0 aromatic carbocycles. The molecular weight excluding hydrogens is 414 g/mol. The van der Waals surface area contributed by atoms with Gasteiger partial charge in [-0.05, 0) is 44.2 Å². The molecule has 5 heterocycles. The van der Waals surface area contributed by atoms with Gasteiger partial charge in [0.05, 0.1) is 11.4 Å². The van der Waals surface area contributed by atoms with Gasteiger partial charge in [0.25, 0.3) is 0 Å². The molecule has 0 atom stereocenters. The number of pyridine rings is 2. The van der Waals surface area contributed by atoms with Crippen molar-refractivity contribution in [1.82, 2.24) is 30.1 Å². The lowest BCUT2D eigenvalue weighted by Crippen LogP contribution is -2.38. The first-order chi connectivity index (χ1) is 16.1. The van der Waals surface area contributed by atoms with Gasteiger partial charge in [0.1, 0.15) is 11.9 Å². The lowest BCUT2D eigenvalue weighted by Gasteiger charge is -2.32. The predicted molar refractivity (Wildman–Crippen MR) is 126 cm³/mol. The van der Waals surface area contributed by atoms with Crippen molar-refractivity contribution in [2.75, 3.05) is 18.0 Å². The summed E-state index contributed by atoms with van der Waals surface area (Å²) in [6.07, 6.45) is 6.36. The number of H-pyrrole nitrogens is 1. The Balaban J connectivity index is 1.23. The van der Waals surface area contributed by atoms with Crippen molar-refractivity contribution in [1.29, 1.82) is 0 Å².